The Morgan fingerprint density at radius 2 is 1.61 bits per heavy atom. The van der Waals surface area contributed by atoms with Gasteiger partial charge in [0, 0.05) is 13.0 Å². The second kappa shape index (κ2) is 10.5. The third kappa shape index (κ3) is 5.83. The summed E-state index contributed by atoms with van der Waals surface area (Å²) in [5, 5.41) is 3.35. The molecule has 3 nitrogen and oxygen atoms in total. The predicted molar refractivity (Wildman–Crippen MR) is 110 cm³/mol. The van der Waals surface area contributed by atoms with Crippen molar-refractivity contribution in [1.29, 1.82) is 0 Å². The van der Waals surface area contributed by atoms with Crippen LogP contribution in [0.1, 0.15) is 16.7 Å². The van der Waals surface area contributed by atoms with Crippen molar-refractivity contribution < 1.29 is 13.9 Å². The normalized spacial score (nSPS) is 10.6. The standard InChI is InChI=1S/C24H26FNO2/c1-27-24-17-20(18-26-15-13-21-9-5-6-10-22(21)25)11-12-23(24)28-16-14-19-7-3-2-4-8-19/h2-12,17,26H,13-16,18H2,1H3. The summed E-state index contributed by atoms with van der Waals surface area (Å²) >= 11 is 0. The molecular weight excluding hydrogens is 353 g/mol. The first-order valence-corrected chi connectivity index (χ1v) is 9.54. The number of nitrogens with one attached hydrogen (secondary N) is 1. The van der Waals surface area contributed by atoms with Gasteiger partial charge in [0.15, 0.2) is 11.5 Å². The van der Waals surface area contributed by atoms with Crippen molar-refractivity contribution in [1.82, 2.24) is 5.32 Å². The molecule has 0 heterocycles. The highest BCUT2D eigenvalue weighted by molar-refractivity contribution is 5.43. The Hall–Kier alpha value is -2.85. The van der Waals surface area contributed by atoms with Crippen molar-refractivity contribution in [3.05, 3.63) is 95.3 Å². The summed E-state index contributed by atoms with van der Waals surface area (Å²) in [5.41, 5.74) is 3.08. The van der Waals surface area contributed by atoms with Gasteiger partial charge in [-0.05, 0) is 47.9 Å². The van der Waals surface area contributed by atoms with E-state index >= 15 is 0 Å². The maximum absolute atomic E-state index is 13.6. The number of halogens is 1. The van der Waals surface area contributed by atoms with Crippen molar-refractivity contribution in [2.24, 2.45) is 0 Å². The average Bonchev–Trinajstić information content (AvgIpc) is 2.74. The Morgan fingerprint density at radius 3 is 2.39 bits per heavy atom. The molecule has 0 amide bonds. The van der Waals surface area contributed by atoms with Crippen LogP contribution in [-0.4, -0.2) is 20.3 Å². The van der Waals surface area contributed by atoms with Gasteiger partial charge in [0.25, 0.3) is 0 Å². The maximum Gasteiger partial charge on any atom is 0.161 e. The fourth-order valence-electron chi connectivity index (χ4n) is 3.02. The van der Waals surface area contributed by atoms with Crippen LogP contribution in [0.25, 0.3) is 0 Å². The first kappa shape index (κ1) is 19.9. The zero-order chi connectivity index (χ0) is 19.6. The Balaban J connectivity index is 1.47. The van der Waals surface area contributed by atoms with Gasteiger partial charge in [0.1, 0.15) is 5.82 Å². The van der Waals surface area contributed by atoms with Crippen LogP contribution >= 0.6 is 0 Å². The number of benzene rings is 3. The van der Waals surface area contributed by atoms with E-state index in [4.69, 9.17) is 9.47 Å². The number of methoxy groups -OCH3 is 1. The summed E-state index contributed by atoms with van der Waals surface area (Å²) in [6.07, 6.45) is 1.51. The fraction of sp³-hybridized carbons (Fsp3) is 0.250. The number of ether oxygens (including phenoxy) is 2. The molecule has 3 aromatic carbocycles. The molecule has 0 aliphatic rings. The van der Waals surface area contributed by atoms with Gasteiger partial charge in [-0.15, -0.1) is 0 Å². The zero-order valence-corrected chi connectivity index (χ0v) is 16.2. The van der Waals surface area contributed by atoms with E-state index in [0.29, 0.717) is 26.1 Å². The Bertz CT molecular complexity index is 867. The second-order valence-electron chi connectivity index (χ2n) is 6.59. The molecule has 0 saturated carbocycles. The van der Waals surface area contributed by atoms with Crippen LogP contribution in [0.5, 0.6) is 11.5 Å². The third-order valence-electron chi connectivity index (χ3n) is 4.58. The van der Waals surface area contributed by atoms with Gasteiger partial charge in [0.05, 0.1) is 13.7 Å². The van der Waals surface area contributed by atoms with E-state index in [1.54, 1.807) is 13.2 Å². The summed E-state index contributed by atoms with van der Waals surface area (Å²) < 4.78 is 25.0. The van der Waals surface area contributed by atoms with Gasteiger partial charge in [-0.3, -0.25) is 0 Å². The maximum atomic E-state index is 13.6. The van der Waals surface area contributed by atoms with E-state index in [9.17, 15) is 4.39 Å². The summed E-state index contributed by atoms with van der Waals surface area (Å²) in [6.45, 7) is 1.99. The minimum Gasteiger partial charge on any atom is -0.493 e. The topological polar surface area (TPSA) is 30.5 Å². The highest BCUT2D eigenvalue weighted by Crippen LogP contribution is 2.28. The van der Waals surface area contributed by atoms with Crippen LogP contribution in [0.3, 0.4) is 0 Å². The molecule has 0 unspecified atom stereocenters. The Morgan fingerprint density at radius 1 is 0.821 bits per heavy atom. The van der Waals surface area contributed by atoms with Crippen molar-refractivity contribution in [3.63, 3.8) is 0 Å². The summed E-state index contributed by atoms with van der Waals surface area (Å²) in [4.78, 5) is 0. The van der Waals surface area contributed by atoms with Crippen molar-refractivity contribution in [2.45, 2.75) is 19.4 Å². The van der Waals surface area contributed by atoms with Crippen LogP contribution < -0.4 is 14.8 Å². The van der Waals surface area contributed by atoms with Crippen LogP contribution in [0, 0.1) is 5.82 Å². The van der Waals surface area contributed by atoms with Crippen molar-refractivity contribution >= 4 is 0 Å². The lowest BCUT2D eigenvalue weighted by molar-refractivity contribution is 0.297. The van der Waals surface area contributed by atoms with Crippen molar-refractivity contribution in [2.75, 3.05) is 20.3 Å². The molecule has 0 spiro atoms. The van der Waals surface area contributed by atoms with Crippen LogP contribution in [0.15, 0.2) is 72.8 Å². The molecule has 1 N–H and O–H groups in total. The Labute approximate surface area is 166 Å². The number of hydrogen-bond acceptors (Lipinski definition) is 3. The zero-order valence-electron chi connectivity index (χ0n) is 16.2. The van der Waals surface area contributed by atoms with Gasteiger partial charge in [-0.1, -0.05) is 54.6 Å². The largest absolute Gasteiger partial charge is 0.493 e. The molecule has 0 radical (unpaired) electrons. The molecule has 0 fully saturated rings. The Kier molecular flexibility index (Phi) is 7.44. The lowest BCUT2D eigenvalue weighted by atomic mass is 10.1. The minimum absolute atomic E-state index is 0.150. The molecular formula is C24H26FNO2. The summed E-state index contributed by atoms with van der Waals surface area (Å²) in [6, 6.07) is 23.1. The van der Waals surface area contributed by atoms with E-state index in [1.807, 2.05) is 48.5 Å². The lowest BCUT2D eigenvalue weighted by Crippen LogP contribution is -2.17. The molecule has 3 rings (SSSR count). The second-order valence-corrected chi connectivity index (χ2v) is 6.59. The molecule has 0 saturated heterocycles. The van der Waals surface area contributed by atoms with E-state index in [-0.39, 0.29) is 5.82 Å². The molecule has 0 aromatic heterocycles. The highest BCUT2D eigenvalue weighted by atomic mass is 19.1. The molecule has 4 heteroatoms. The smallest absolute Gasteiger partial charge is 0.161 e. The summed E-state index contributed by atoms with van der Waals surface area (Å²) in [7, 11) is 1.65. The predicted octanol–water partition coefficient (Wildman–Crippen LogP) is 4.79. The first-order chi connectivity index (χ1) is 13.8. The fourth-order valence-corrected chi connectivity index (χ4v) is 3.02. The number of rotatable bonds is 10. The SMILES string of the molecule is COc1cc(CNCCc2ccccc2F)ccc1OCCc1ccccc1. The monoisotopic (exact) mass is 379 g/mol. The van der Waals surface area contributed by atoms with E-state index in [0.717, 1.165) is 29.0 Å². The summed E-state index contributed by atoms with van der Waals surface area (Å²) in [5.74, 6) is 1.32. The van der Waals surface area contributed by atoms with Gasteiger partial charge < -0.3 is 14.8 Å². The number of hydrogen-bond donors (Lipinski definition) is 1. The van der Waals surface area contributed by atoms with Crippen LogP contribution in [0.4, 0.5) is 4.39 Å². The lowest BCUT2D eigenvalue weighted by Gasteiger charge is -2.13. The molecule has 0 bridgehead atoms. The van der Waals surface area contributed by atoms with Gasteiger partial charge in [-0.25, -0.2) is 4.39 Å². The van der Waals surface area contributed by atoms with E-state index in [1.165, 1.54) is 11.6 Å². The molecule has 3 aromatic rings. The van der Waals surface area contributed by atoms with E-state index in [2.05, 4.69) is 17.4 Å². The molecule has 0 atom stereocenters. The molecule has 0 aliphatic heterocycles. The average molecular weight is 379 g/mol. The highest BCUT2D eigenvalue weighted by Gasteiger charge is 2.06. The first-order valence-electron chi connectivity index (χ1n) is 9.54. The molecule has 28 heavy (non-hydrogen) atoms. The third-order valence-corrected chi connectivity index (χ3v) is 4.58. The minimum atomic E-state index is -0.150. The molecule has 0 aliphatic carbocycles. The molecule has 146 valence electrons. The van der Waals surface area contributed by atoms with Gasteiger partial charge in [0.2, 0.25) is 0 Å². The van der Waals surface area contributed by atoms with Crippen molar-refractivity contribution in [3.8, 4) is 11.5 Å². The van der Waals surface area contributed by atoms with Crippen LogP contribution in [0.2, 0.25) is 0 Å². The van der Waals surface area contributed by atoms with Gasteiger partial charge >= 0.3 is 0 Å². The van der Waals surface area contributed by atoms with Crippen LogP contribution in [-0.2, 0) is 19.4 Å². The van der Waals surface area contributed by atoms with E-state index < -0.39 is 0 Å². The van der Waals surface area contributed by atoms with Gasteiger partial charge in [-0.2, -0.15) is 0 Å². The quantitative estimate of drug-likeness (QED) is 0.514.